The molecule has 1 aromatic carbocycles. The number of hydrogen-bond acceptors (Lipinski definition) is 6. The molecule has 0 fully saturated rings. The largest absolute Gasteiger partial charge is 0.458 e. The molecule has 0 unspecified atom stereocenters. The van der Waals surface area contributed by atoms with E-state index in [0.717, 1.165) is 5.82 Å². The molecule has 0 N–H and O–H groups in total. The Bertz CT molecular complexity index is 1020. The van der Waals surface area contributed by atoms with E-state index in [0.29, 0.717) is 36.8 Å². The lowest BCUT2D eigenvalue weighted by molar-refractivity contribution is 0.0297. The molecular formula is C22H24ClFN4O3. The van der Waals surface area contributed by atoms with Crippen molar-refractivity contribution >= 4 is 23.5 Å². The van der Waals surface area contributed by atoms with Gasteiger partial charge in [-0.1, -0.05) is 17.7 Å². The molecule has 4 rings (SSSR count). The molecule has 31 heavy (non-hydrogen) atoms. The smallest absolute Gasteiger partial charge is 0.410 e. The molecule has 0 spiro atoms. The first-order valence-corrected chi connectivity index (χ1v) is 10.4. The van der Waals surface area contributed by atoms with Crippen molar-refractivity contribution in [2.24, 2.45) is 0 Å². The zero-order chi connectivity index (χ0) is 22.2. The van der Waals surface area contributed by atoms with Crippen molar-refractivity contribution in [3.8, 4) is 6.01 Å². The summed E-state index contributed by atoms with van der Waals surface area (Å²) in [5, 5.41) is 0.333. The number of amides is 1. The molecule has 0 radical (unpaired) electrons. The molecule has 0 saturated carbocycles. The molecule has 0 atom stereocenters. The summed E-state index contributed by atoms with van der Waals surface area (Å²) in [6, 6.07) is 6.42. The molecule has 0 saturated heterocycles. The van der Waals surface area contributed by atoms with Gasteiger partial charge in [-0.3, -0.25) is 0 Å². The van der Waals surface area contributed by atoms with Crippen molar-refractivity contribution in [1.29, 1.82) is 0 Å². The zero-order valence-corrected chi connectivity index (χ0v) is 18.4. The molecule has 164 valence electrons. The fourth-order valence-corrected chi connectivity index (χ4v) is 3.72. The maximum absolute atomic E-state index is 13.9. The molecule has 0 aliphatic carbocycles. The fourth-order valence-electron chi connectivity index (χ4n) is 3.56. The number of aromatic nitrogens is 2. The third kappa shape index (κ3) is 5.07. The van der Waals surface area contributed by atoms with Crippen molar-refractivity contribution in [1.82, 2.24) is 14.9 Å². The van der Waals surface area contributed by atoms with Gasteiger partial charge >= 0.3 is 12.1 Å². The summed E-state index contributed by atoms with van der Waals surface area (Å²) in [6.45, 7) is 8.07. The van der Waals surface area contributed by atoms with E-state index in [1.54, 1.807) is 23.2 Å². The van der Waals surface area contributed by atoms with Crippen LogP contribution >= 0.6 is 11.6 Å². The molecule has 7 nitrogen and oxygen atoms in total. The molecule has 1 amide bonds. The molecule has 2 aromatic rings. The number of ether oxygens (including phenoxy) is 2. The minimum absolute atomic E-state index is 0.00601. The van der Waals surface area contributed by atoms with Crippen LogP contribution in [0.2, 0.25) is 5.02 Å². The summed E-state index contributed by atoms with van der Waals surface area (Å²) in [5.41, 5.74) is 2.27. The third-order valence-corrected chi connectivity index (χ3v) is 5.23. The molecule has 1 aromatic heterocycles. The van der Waals surface area contributed by atoms with E-state index >= 15 is 0 Å². The van der Waals surface area contributed by atoms with Crippen molar-refractivity contribution in [3.05, 3.63) is 58.0 Å². The van der Waals surface area contributed by atoms with Gasteiger partial charge in [-0.15, -0.1) is 0 Å². The maximum atomic E-state index is 13.9. The number of carbonyl (C=O) groups excluding carboxylic acids is 1. The van der Waals surface area contributed by atoms with Crippen LogP contribution < -0.4 is 9.64 Å². The van der Waals surface area contributed by atoms with Gasteiger partial charge in [0.2, 0.25) is 0 Å². The van der Waals surface area contributed by atoms with E-state index in [2.05, 4.69) is 14.9 Å². The van der Waals surface area contributed by atoms with E-state index in [-0.39, 0.29) is 18.7 Å². The maximum Gasteiger partial charge on any atom is 0.410 e. The average molecular weight is 447 g/mol. The van der Waals surface area contributed by atoms with Crippen LogP contribution in [0.1, 0.15) is 26.3 Å². The Morgan fingerprint density at radius 2 is 1.87 bits per heavy atom. The summed E-state index contributed by atoms with van der Waals surface area (Å²) in [7, 11) is 0. The van der Waals surface area contributed by atoms with Gasteiger partial charge in [-0.25, -0.2) is 14.2 Å². The predicted octanol–water partition coefficient (Wildman–Crippen LogP) is 4.22. The average Bonchev–Trinajstić information content (AvgIpc) is 3.26. The first-order valence-electron chi connectivity index (χ1n) is 10.0. The molecule has 9 heteroatoms. The summed E-state index contributed by atoms with van der Waals surface area (Å²) in [4.78, 5) is 24.7. The molecule has 0 bridgehead atoms. The fraction of sp³-hybridized carbons (Fsp3) is 0.409. The lowest BCUT2D eigenvalue weighted by atomic mass is 10.2. The van der Waals surface area contributed by atoms with Crippen LogP contribution in [-0.2, 0) is 11.3 Å². The Balaban J connectivity index is 1.34. The number of benzene rings is 1. The third-order valence-electron chi connectivity index (χ3n) is 4.99. The van der Waals surface area contributed by atoms with Gasteiger partial charge in [0.15, 0.2) is 0 Å². The Labute approximate surface area is 185 Å². The van der Waals surface area contributed by atoms with Crippen LogP contribution in [-0.4, -0.2) is 52.7 Å². The highest BCUT2D eigenvalue weighted by molar-refractivity contribution is 6.30. The van der Waals surface area contributed by atoms with E-state index < -0.39 is 11.4 Å². The first-order chi connectivity index (χ1) is 14.7. The van der Waals surface area contributed by atoms with Gasteiger partial charge in [0.05, 0.1) is 0 Å². The number of carbonyl (C=O) groups is 1. The summed E-state index contributed by atoms with van der Waals surface area (Å²) >= 11 is 5.78. The van der Waals surface area contributed by atoms with Crippen LogP contribution in [0.3, 0.4) is 0 Å². The van der Waals surface area contributed by atoms with E-state index in [4.69, 9.17) is 21.1 Å². The second kappa shape index (κ2) is 8.34. The Morgan fingerprint density at radius 1 is 1.16 bits per heavy atom. The zero-order valence-electron chi connectivity index (χ0n) is 17.7. The van der Waals surface area contributed by atoms with Crippen LogP contribution in [0.15, 0.2) is 41.6 Å². The van der Waals surface area contributed by atoms with Gasteiger partial charge < -0.3 is 19.3 Å². The van der Waals surface area contributed by atoms with Gasteiger partial charge in [0.25, 0.3) is 0 Å². The van der Waals surface area contributed by atoms with E-state index in [1.165, 1.54) is 17.2 Å². The van der Waals surface area contributed by atoms with Crippen LogP contribution in [0.4, 0.5) is 15.0 Å². The lowest BCUT2D eigenvalue weighted by Crippen LogP contribution is -2.38. The monoisotopic (exact) mass is 446 g/mol. The minimum Gasteiger partial charge on any atom is -0.458 e. The van der Waals surface area contributed by atoms with Crippen LogP contribution in [0.25, 0.3) is 0 Å². The quantitative estimate of drug-likeness (QED) is 0.655. The Hall–Kier alpha value is -2.87. The summed E-state index contributed by atoms with van der Waals surface area (Å²) < 4.78 is 25.0. The van der Waals surface area contributed by atoms with Crippen LogP contribution in [0.5, 0.6) is 6.01 Å². The van der Waals surface area contributed by atoms with E-state index in [1.807, 2.05) is 26.8 Å². The summed E-state index contributed by atoms with van der Waals surface area (Å²) in [5.74, 6) is 0.290. The number of rotatable bonds is 4. The van der Waals surface area contributed by atoms with Crippen molar-refractivity contribution < 1.29 is 18.7 Å². The first kappa shape index (κ1) is 21.4. The van der Waals surface area contributed by atoms with Gasteiger partial charge in [0.1, 0.15) is 23.8 Å². The number of hydrogen-bond donors (Lipinski definition) is 0. The minimum atomic E-state index is -0.511. The topological polar surface area (TPSA) is 67.8 Å². The standard InChI is InChI=1S/C22H24ClFN4O3/c1-22(2,3)31-21(29)28-11-15-9-27(10-16(15)12-28)19-6-7-25-20(26-19)30-13-14-4-5-17(23)8-18(14)24/h4-8H,9-13H2,1-3H3. The molecule has 2 aliphatic rings. The van der Waals surface area contributed by atoms with Gasteiger partial charge in [0, 0.05) is 43.0 Å². The number of halogens is 2. The second-order valence-corrected chi connectivity index (χ2v) is 9.06. The lowest BCUT2D eigenvalue weighted by Gasteiger charge is -2.27. The number of anilines is 1. The summed E-state index contributed by atoms with van der Waals surface area (Å²) in [6.07, 6.45) is 1.33. The van der Waals surface area contributed by atoms with Crippen LogP contribution in [0, 0.1) is 5.82 Å². The SMILES string of the molecule is CC(C)(C)OC(=O)N1CC2=C(C1)CN(c1ccnc(OCc3ccc(Cl)cc3F)n1)C2. The van der Waals surface area contributed by atoms with Gasteiger partial charge in [-0.2, -0.15) is 4.98 Å². The Morgan fingerprint density at radius 3 is 2.52 bits per heavy atom. The van der Waals surface area contributed by atoms with Crippen molar-refractivity contribution in [2.45, 2.75) is 33.0 Å². The van der Waals surface area contributed by atoms with E-state index in [9.17, 15) is 9.18 Å². The highest BCUT2D eigenvalue weighted by Crippen LogP contribution is 2.30. The highest BCUT2D eigenvalue weighted by Gasteiger charge is 2.34. The van der Waals surface area contributed by atoms with Crippen molar-refractivity contribution in [2.75, 3.05) is 31.1 Å². The Kier molecular flexibility index (Phi) is 5.75. The molecular weight excluding hydrogens is 423 g/mol. The second-order valence-electron chi connectivity index (χ2n) is 8.62. The highest BCUT2D eigenvalue weighted by atomic mass is 35.5. The molecule has 3 heterocycles. The van der Waals surface area contributed by atoms with Crippen molar-refractivity contribution in [3.63, 3.8) is 0 Å². The number of nitrogens with zero attached hydrogens (tertiary/aromatic N) is 4. The van der Waals surface area contributed by atoms with Gasteiger partial charge in [-0.05, 0) is 50.1 Å². The molecule has 2 aliphatic heterocycles. The normalized spacial score (nSPS) is 16.0. The predicted molar refractivity (Wildman–Crippen MR) is 115 cm³/mol.